The van der Waals surface area contributed by atoms with Crippen molar-refractivity contribution in [3.05, 3.63) is 39.7 Å². The lowest BCUT2D eigenvalue weighted by Gasteiger charge is -2.07. The maximum Gasteiger partial charge on any atom is 0.311 e. The Kier molecular flexibility index (Phi) is 4.51. The van der Waals surface area contributed by atoms with Crippen molar-refractivity contribution in [1.82, 2.24) is 14.8 Å². The van der Waals surface area contributed by atoms with Gasteiger partial charge in [0.1, 0.15) is 5.82 Å². The van der Waals surface area contributed by atoms with Crippen molar-refractivity contribution in [3.8, 4) is 5.75 Å². The van der Waals surface area contributed by atoms with Crippen LogP contribution in [0.15, 0.2) is 23.4 Å². The van der Waals surface area contributed by atoms with Gasteiger partial charge in [-0.3, -0.25) is 10.1 Å². The molecule has 1 aliphatic rings. The van der Waals surface area contributed by atoms with Gasteiger partial charge in [-0.05, 0) is 31.4 Å². The second-order valence-corrected chi connectivity index (χ2v) is 6.35. The number of benzene rings is 1. The number of methoxy groups -OCH3 is 1. The van der Waals surface area contributed by atoms with Crippen molar-refractivity contribution in [2.45, 2.75) is 43.1 Å². The number of thioether (sulfide) groups is 1. The molecule has 0 N–H and O–H groups in total. The van der Waals surface area contributed by atoms with Gasteiger partial charge in [-0.25, -0.2) is 0 Å². The van der Waals surface area contributed by atoms with Crippen LogP contribution in [0.3, 0.4) is 0 Å². The third-order valence-electron chi connectivity index (χ3n) is 3.81. The molecule has 7 nitrogen and oxygen atoms in total. The van der Waals surface area contributed by atoms with Crippen molar-refractivity contribution in [2.24, 2.45) is 0 Å². The summed E-state index contributed by atoms with van der Waals surface area (Å²) in [5.41, 5.74) is 0.849. The topological polar surface area (TPSA) is 83.1 Å². The summed E-state index contributed by atoms with van der Waals surface area (Å²) >= 11 is 1.55. The van der Waals surface area contributed by atoms with E-state index in [0.29, 0.717) is 11.7 Å². The molecule has 1 saturated carbocycles. The molecule has 1 aliphatic carbocycles. The normalized spacial score (nSPS) is 14.0. The molecule has 1 aromatic heterocycles. The molecule has 1 heterocycles. The SMILES string of the molecule is CCn1c(SCc2ccc(OC)c([N+](=O)[O-])c2)nnc1C1CC1. The molecule has 0 amide bonds. The summed E-state index contributed by atoms with van der Waals surface area (Å²) in [6, 6.07) is 5.03. The van der Waals surface area contributed by atoms with E-state index in [1.165, 1.54) is 20.0 Å². The van der Waals surface area contributed by atoms with Gasteiger partial charge in [-0.2, -0.15) is 0 Å². The quantitative estimate of drug-likeness (QED) is 0.438. The molecule has 0 atom stereocenters. The van der Waals surface area contributed by atoms with Gasteiger partial charge >= 0.3 is 5.69 Å². The fourth-order valence-electron chi connectivity index (χ4n) is 2.46. The van der Waals surface area contributed by atoms with Crippen molar-refractivity contribution < 1.29 is 9.66 Å². The highest BCUT2D eigenvalue weighted by Gasteiger charge is 2.30. The van der Waals surface area contributed by atoms with Gasteiger partial charge in [0.25, 0.3) is 0 Å². The van der Waals surface area contributed by atoms with Crippen LogP contribution in [0.5, 0.6) is 5.75 Å². The summed E-state index contributed by atoms with van der Waals surface area (Å²) in [6.45, 7) is 2.92. The van der Waals surface area contributed by atoms with Crippen LogP contribution < -0.4 is 4.74 Å². The molecule has 0 spiro atoms. The van der Waals surface area contributed by atoms with Gasteiger partial charge in [0, 0.05) is 24.3 Å². The van der Waals surface area contributed by atoms with Crippen molar-refractivity contribution in [1.29, 1.82) is 0 Å². The zero-order valence-corrected chi connectivity index (χ0v) is 13.9. The zero-order valence-electron chi connectivity index (χ0n) is 13.1. The number of hydrogen-bond donors (Lipinski definition) is 0. The van der Waals surface area contributed by atoms with Crippen LogP contribution in [0.1, 0.15) is 37.1 Å². The molecule has 1 fully saturated rings. The molecule has 2 aromatic rings. The van der Waals surface area contributed by atoms with Gasteiger partial charge in [0.2, 0.25) is 0 Å². The number of ether oxygens (including phenoxy) is 1. The largest absolute Gasteiger partial charge is 0.490 e. The van der Waals surface area contributed by atoms with Gasteiger partial charge in [0.15, 0.2) is 10.9 Å². The van der Waals surface area contributed by atoms with Crippen LogP contribution >= 0.6 is 11.8 Å². The summed E-state index contributed by atoms with van der Waals surface area (Å²) in [4.78, 5) is 10.7. The molecule has 8 heteroatoms. The minimum absolute atomic E-state index is 0.0128. The molecule has 23 heavy (non-hydrogen) atoms. The Balaban J connectivity index is 1.76. The van der Waals surface area contributed by atoms with E-state index in [-0.39, 0.29) is 11.4 Å². The third-order valence-corrected chi connectivity index (χ3v) is 4.85. The Bertz CT molecular complexity index is 728. The second kappa shape index (κ2) is 6.57. The molecular formula is C15H18N4O3S. The Labute approximate surface area is 138 Å². The van der Waals surface area contributed by atoms with E-state index in [4.69, 9.17) is 4.74 Å². The summed E-state index contributed by atoms with van der Waals surface area (Å²) in [5.74, 6) is 2.50. The number of rotatable bonds is 7. The third kappa shape index (κ3) is 3.31. The monoisotopic (exact) mass is 334 g/mol. The molecule has 122 valence electrons. The Morgan fingerprint density at radius 2 is 2.22 bits per heavy atom. The second-order valence-electron chi connectivity index (χ2n) is 5.41. The number of nitrogens with zero attached hydrogens (tertiary/aromatic N) is 4. The van der Waals surface area contributed by atoms with Crippen molar-refractivity contribution in [2.75, 3.05) is 7.11 Å². The van der Waals surface area contributed by atoms with Crippen molar-refractivity contribution in [3.63, 3.8) is 0 Å². The van der Waals surface area contributed by atoms with Crippen LogP contribution in [0.4, 0.5) is 5.69 Å². The average molecular weight is 334 g/mol. The highest BCUT2D eigenvalue weighted by molar-refractivity contribution is 7.98. The number of aromatic nitrogens is 3. The predicted octanol–water partition coefficient (Wildman–Crippen LogP) is 3.38. The van der Waals surface area contributed by atoms with E-state index >= 15 is 0 Å². The van der Waals surface area contributed by atoms with Gasteiger partial charge in [-0.15, -0.1) is 10.2 Å². The Morgan fingerprint density at radius 1 is 1.43 bits per heavy atom. The number of nitro groups is 1. The smallest absolute Gasteiger partial charge is 0.311 e. The molecular weight excluding hydrogens is 316 g/mol. The molecule has 3 rings (SSSR count). The van der Waals surface area contributed by atoms with Gasteiger partial charge < -0.3 is 9.30 Å². The number of hydrogen-bond acceptors (Lipinski definition) is 6. The summed E-state index contributed by atoms with van der Waals surface area (Å²) in [5, 5.41) is 20.5. The minimum atomic E-state index is -0.424. The summed E-state index contributed by atoms with van der Waals surface area (Å²) in [6.07, 6.45) is 2.38. The first kappa shape index (κ1) is 15.8. The fourth-order valence-corrected chi connectivity index (χ4v) is 3.42. The highest BCUT2D eigenvalue weighted by atomic mass is 32.2. The van der Waals surface area contributed by atoms with Crippen LogP contribution in [-0.2, 0) is 12.3 Å². The van der Waals surface area contributed by atoms with E-state index < -0.39 is 4.92 Å². The van der Waals surface area contributed by atoms with E-state index in [2.05, 4.69) is 21.7 Å². The summed E-state index contributed by atoms with van der Waals surface area (Å²) in [7, 11) is 1.43. The van der Waals surface area contributed by atoms with E-state index in [1.54, 1.807) is 23.9 Å². The molecule has 0 saturated heterocycles. The average Bonchev–Trinajstić information content (AvgIpc) is 3.32. The minimum Gasteiger partial charge on any atom is -0.490 e. The molecule has 0 bridgehead atoms. The van der Waals surface area contributed by atoms with E-state index in [9.17, 15) is 10.1 Å². The molecule has 1 aromatic carbocycles. The zero-order chi connectivity index (χ0) is 16.4. The standard InChI is InChI=1S/C15H18N4O3S/c1-3-18-14(11-5-6-11)16-17-15(18)23-9-10-4-7-13(22-2)12(8-10)19(20)21/h4,7-8,11H,3,5-6,9H2,1-2H3. The molecule has 0 aliphatic heterocycles. The van der Waals surface area contributed by atoms with Gasteiger partial charge in [-0.1, -0.05) is 17.8 Å². The Morgan fingerprint density at radius 3 is 2.83 bits per heavy atom. The lowest BCUT2D eigenvalue weighted by Crippen LogP contribution is -2.02. The number of nitro benzene ring substituents is 1. The van der Waals surface area contributed by atoms with Crippen LogP contribution in [0.25, 0.3) is 0 Å². The summed E-state index contributed by atoms with van der Waals surface area (Å²) < 4.78 is 7.16. The highest BCUT2D eigenvalue weighted by Crippen LogP contribution is 2.40. The van der Waals surface area contributed by atoms with Crippen LogP contribution in [0, 0.1) is 10.1 Å². The van der Waals surface area contributed by atoms with Crippen LogP contribution in [0.2, 0.25) is 0 Å². The molecule has 0 radical (unpaired) electrons. The first-order valence-corrected chi connectivity index (χ1v) is 8.49. The Hall–Kier alpha value is -2.09. The van der Waals surface area contributed by atoms with E-state index in [1.807, 2.05) is 6.07 Å². The maximum atomic E-state index is 11.1. The molecule has 0 unspecified atom stereocenters. The first-order valence-electron chi connectivity index (χ1n) is 7.51. The maximum absolute atomic E-state index is 11.1. The van der Waals surface area contributed by atoms with Gasteiger partial charge in [0.05, 0.1) is 12.0 Å². The van der Waals surface area contributed by atoms with Crippen molar-refractivity contribution >= 4 is 17.4 Å². The lowest BCUT2D eigenvalue weighted by atomic mass is 10.2. The van der Waals surface area contributed by atoms with Crippen LogP contribution in [-0.4, -0.2) is 26.8 Å². The predicted molar refractivity (Wildman–Crippen MR) is 86.9 cm³/mol. The van der Waals surface area contributed by atoms with E-state index in [0.717, 1.165) is 23.1 Å². The fraction of sp³-hybridized carbons (Fsp3) is 0.467. The first-order chi connectivity index (χ1) is 11.1. The lowest BCUT2D eigenvalue weighted by molar-refractivity contribution is -0.385.